The number of carbonyl (C=O) groups is 1. The SMILES string of the molecule is O=C(O)C=Cc1ccccc1.c1ccc([C@H]2CN3CCSC3=N2)cc1. The predicted molar refractivity (Wildman–Crippen MR) is 104 cm³/mol. The van der Waals surface area contributed by atoms with Crippen molar-refractivity contribution in [3.8, 4) is 0 Å². The van der Waals surface area contributed by atoms with Crippen LogP contribution in [0.3, 0.4) is 0 Å². The van der Waals surface area contributed by atoms with Gasteiger partial charge in [0.15, 0.2) is 5.17 Å². The third-order valence-electron chi connectivity index (χ3n) is 3.92. The third kappa shape index (κ3) is 4.97. The summed E-state index contributed by atoms with van der Waals surface area (Å²) in [5, 5.41) is 9.54. The molecule has 2 heterocycles. The number of carboxylic acid groups (broad SMARTS) is 1. The molecule has 0 bridgehead atoms. The summed E-state index contributed by atoms with van der Waals surface area (Å²) in [4.78, 5) is 17.2. The zero-order valence-corrected chi connectivity index (χ0v) is 14.6. The van der Waals surface area contributed by atoms with Gasteiger partial charge in [0.25, 0.3) is 0 Å². The van der Waals surface area contributed by atoms with E-state index in [2.05, 4.69) is 35.2 Å². The highest BCUT2D eigenvalue weighted by molar-refractivity contribution is 8.14. The highest BCUT2D eigenvalue weighted by atomic mass is 32.2. The Bertz CT molecular complexity index is 760. The highest BCUT2D eigenvalue weighted by Crippen LogP contribution is 2.31. The van der Waals surface area contributed by atoms with Crippen molar-refractivity contribution in [3.05, 3.63) is 77.9 Å². The van der Waals surface area contributed by atoms with Crippen molar-refractivity contribution < 1.29 is 9.90 Å². The van der Waals surface area contributed by atoms with E-state index < -0.39 is 5.97 Å². The van der Waals surface area contributed by atoms with E-state index >= 15 is 0 Å². The first-order chi connectivity index (χ1) is 12.2. The number of benzene rings is 2. The van der Waals surface area contributed by atoms with Crippen LogP contribution >= 0.6 is 11.8 Å². The molecule has 0 spiro atoms. The average molecular weight is 352 g/mol. The second-order valence-electron chi connectivity index (χ2n) is 5.71. The van der Waals surface area contributed by atoms with Crippen LogP contribution in [-0.4, -0.2) is 40.0 Å². The van der Waals surface area contributed by atoms with Crippen LogP contribution in [0.4, 0.5) is 0 Å². The van der Waals surface area contributed by atoms with Gasteiger partial charge in [0.2, 0.25) is 0 Å². The Kier molecular flexibility index (Phi) is 5.90. The predicted octanol–water partition coefficient (Wildman–Crippen LogP) is 3.93. The minimum atomic E-state index is -0.922. The van der Waals surface area contributed by atoms with E-state index in [0.717, 1.165) is 18.2 Å². The monoisotopic (exact) mass is 352 g/mol. The molecule has 2 aliphatic heterocycles. The molecule has 1 saturated heterocycles. The smallest absolute Gasteiger partial charge is 0.328 e. The molecule has 25 heavy (non-hydrogen) atoms. The lowest BCUT2D eigenvalue weighted by Crippen LogP contribution is -2.21. The van der Waals surface area contributed by atoms with Crippen molar-refractivity contribution in [1.82, 2.24) is 4.90 Å². The van der Waals surface area contributed by atoms with Gasteiger partial charge >= 0.3 is 5.97 Å². The summed E-state index contributed by atoms with van der Waals surface area (Å²) in [6, 6.07) is 20.3. The van der Waals surface area contributed by atoms with Gasteiger partial charge in [-0.2, -0.15) is 0 Å². The summed E-state index contributed by atoms with van der Waals surface area (Å²) >= 11 is 1.89. The van der Waals surface area contributed by atoms with Gasteiger partial charge in [-0.3, -0.25) is 4.99 Å². The van der Waals surface area contributed by atoms with Crippen LogP contribution < -0.4 is 0 Å². The zero-order valence-electron chi connectivity index (χ0n) is 13.8. The molecule has 2 aromatic carbocycles. The zero-order chi connectivity index (χ0) is 17.5. The first-order valence-corrected chi connectivity index (χ1v) is 9.17. The molecule has 2 aliphatic rings. The molecule has 0 aromatic heterocycles. The second kappa shape index (κ2) is 8.53. The maximum Gasteiger partial charge on any atom is 0.328 e. The van der Waals surface area contributed by atoms with Crippen LogP contribution in [0, 0.1) is 0 Å². The number of amidine groups is 1. The molecule has 4 rings (SSSR count). The molecular weight excluding hydrogens is 332 g/mol. The third-order valence-corrected chi connectivity index (χ3v) is 4.93. The van der Waals surface area contributed by atoms with Crippen LogP contribution in [0.5, 0.6) is 0 Å². The molecule has 0 radical (unpaired) electrons. The largest absolute Gasteiger partial charge is 0.478 e. The first-order valence-electron chi connectivity index (χ1n) is 8.19. The Morgan fingerprint density at radius 2 is 1.80 bits per heavy atom. The van der Waals surface area contributed by atoms with E-state index in [1.54, 1.807) is 6.08 Å². The van der Waals surface area contributed by atoms with E-state index in [0.29, 0.717) is 6.04 Å². The molecular formula is C20H20N2O2S. The number of nitrogens with zero attached hydrogens (tertiary/aromatic N) is 2. The van der Waals surface area contributed by atoms with E-state index in [1.807, 2.05) is 42.1 Å². The molecule has 1 N–H and O–H groups in total. The molecule has 2 aromatic rings. The maximum absolute atomic E-state index is 10.1. The molecule has 0 saturated carbocycles. The molecule has 1 atom stereocenters. The fourth-order valence-electron chi connectivity index (χ4n) is 2.69. The Labute approximate surface area is 151 Å². The molecule has 128 valence electrons. The molecule has 0 unspecified atom stereocenters. The van der Waals surface area contributed by atoms with Crippen molar-refractivity contribution in [1.29, 1.82) is 0 Å². The summed E-state index contributed by atoms with van der Waals surface area (Å²) in [5.74, 6) is 0.286. The van der Waals surface area contributed by atoms with E-state index in [9.17, 15) is 4.79 Å². The van der Waals surface area contributed by atoms with Crippen molar-refractivity contribution in [2.75, 3.05) is 18.8 Å². The summed E-state index contributed by atoms with van der Waals surface area (Å²) < 4.78 is 0. The Hall–Kier alpha value is -2.53. The first kappa shape index (κ1) is 17.3. The van der Waals surface area contributed by atoms with E-state index in [4.69, 9.17) is 10.1 Å². The van der Waals surface area contributed by atoms with Crippen LogP contribution in [0.25, 0.3) is 6.08 Å². The standard InChI is InChI=1S/C11H12N2S.C9H8O2/c1-2-4-9(5-3-1)10-8-13-6-7-14-11(13)12-10;10-9(11)7-6-8-4-2-1-3-5-8/h1-5,10H,6-8H2;1-7H,(H,10,11)/t10-;/m1./s1. The van der Waals surface area contributed by atoms with Gasteiger partial charge in [-0.15, -0.1) is 0 Å². The van der Waals surface area contributed by atoms with Gasteiger partial charge in [0, 0.05) is 24.9 Å². The quantitative estimate of drug-likeness (QED) is 0.851. The van der Waals surface area contributed by atoms with Gasteiger partial charge in [-0.1, -0.05) is 72.4 Å². The Balaban J connectivity index is 0.000000151. The van der Waals surface area contributed by atoms with Gasteiger partial charge in [0.05, 0.1) is 6.04 Å². The molecule has 0 amide bonds. The van der Waals surface area contributed by atoms with Crippen molar-refractivity contribution in [3.63, 3.8) is 0 Å². The fourth-order valence-corrected chi connectivity index (χ4v) is 3.74. The number of hydrogen-bond acceptors (Lipinski definition) is 4. The number of rotatable bonds is 3. The van der Waals surface area contributed by atoms with Crippen molar-refractivity contribution in [2.45, 2.75) is 6.04 Å². The van der Waals surface area contributed by atoms with Gasteiger partial charge in [-0.05, 0) is 17.2 Å². The molecule has 1 fully saturated rings. The molecule has 5 heteroatoms. The number of carboxylic acids is 1. The lowest BCUT2D eigenvalue weighted by Gasteiger charge is -2.12. The topological polar surface area (TPSA) is 52.9 Å². The minimum absolute atomic E-state index is 0.374. The van der Waals surface area contributed by atoms with Crippen LogP contribution in [0.2, 0.25) is 0 Å². The van der Waals surface area contributed by atoms with Gasteiger partial charge in [0.1, 0.15) is 0 Å². The van der Waals surface area contributed by atoms with E-state index in [-0.39, 0.29) is 0 Å². The van der Waals surface area contributed by atoms with Crippen molar-refractivity contribution in [2.24, 2.45) is 4.99 Å². The normalized spacial score (nSPS) is 18.5. The average Bonchev–Trinajstić information content (AvgIpc) is 3.24. The lowest BCUT2D eigenvalue weighted by molar-refractivity contribution is -0.131. The van der Waals surface area contributed by atoms with Crippen molar-refractivity contribution >= 4 is 29.0 Å². The number of aliphatic carboxylic acids is 1. The minimum Gasteiger partial charge on any atom is -0.478 e. The molecule has 0 aliphatic carbocycles. The van der Waals surface area contributed by atoms with Crippen LogP contribution in [-0.2, 0) is 4.79 Å². The highest BCUT2D eigenvalue weighted by Gasteiger charge is 2.29. The maximum atomic E-state index is 10.1. The Morgan fingerprint density at radius 3 is 2.44 bits per heavy atom. The second-order valence-corrected chi connectivity index (χ2v) is 6.78. The number of aliphatic imine (C=N–C) groups is 1. The summed E-state index contributed by atoms with van der Waals surface area (Å²) in [6.07, 6.45) is 2.68. The van der Waals surface area contributed by atoms with Gasteiger partial charge < -0.3 is 10.0 Å². The Morgan fingerprint density at radius 1 is 1.12 bits per heavy atom. The fraction of sp³-hybridized carbons (Fsp3) is 0.200. The number of fused-ring (bicyclic) bond motifs is 1. The summed E-state index contributed by atoms with van der Waals surface area (Å²) in [6.45, 7) is 2.25. The van der Waals surface area contributed by atoms with Crippen LogP contribution in [0.15, 0.2) is 71.7 Å². The lowest BCUT2D eigenvalue weighted by atomic mass is 10.1. The molecule has 4 nitrogen and oxygen atoms in total. The number of thioether (sulfide) groups is 1. The van der Waals surface area contributed by atoms with Gasteiger partial charge in [-0.25, -0.2) is 4.79 Å². The van der Waals surface area contributed by atoms with Crippen LogP contribution in [0.1, 0.15) is 17.2 Å². The van der Waals surface area contributed by atoms with E-state index in [1.165, 1.54) is 23.0 Å². The summed E-state index contributed by atoms with van der Waals surface area (Å²) in [7, 11) is 0. The summed E-state index contributed by atoms with van der Waals surface area (Å²) in [5.41, 5.74) is 2.24. The number of hydrogen-bond donors (Lipinski definition) is 1.